The quantitative estimate of drug-likeness (QED) is 0.609. The van der Waals surface area contributed by atoms with Gasteiger partial charge in [0.15, 0.2) is 15.6 Å². The third kappa shape index (κ3) is 4.63. The van der Waals surface area contributed by atoms with Crippen LogP contribution in [-0.2, 0) is 20.8 Å². The Morgan fingerprint density at radius 3 is 2.47 bits per heavy atom. The number of hydrogen-bond acceptors (Lipinski definition) is 6. The van der Waals surface area contributed by atoms with Crippen molar-refractivity contribution in [3.05, 3.63) is 70.4 Å². The number of nitrogens with one attached hydrogen (secondary N) is 1. The van der Waals surface area contributed by atoms with Crippen LogP contribution in [0.5, 0.6) is 0 Å². The summed E-state index contributed by atoms with van der Waals surface area (Å²) in [5.74, 6) is -0.493. The Kier molecular flexibility index (Phi) is 6.79. The molecule has 1 N–H and O–H groups in total. The van der Waals surface area contributed by atoms with Gasteiger partial charge in [-0.25, -0.2) is 22.9 Å². The van der Waals surface area contributed by atoms with Crippen molar-refractivity contribution >= 4 is 33.4 Å². The lowest BCUT2D eigenvalue weighted by atomic mass is 9.92. The van der Waals surface area contributed by atoms with Crippen molar-refractivity contribution in [3.63, 3.8) is 0 Å². The van der Waals surface area contributed by atoms with E-state index in [1.54, 1.807) is 6.92 Å². The molecule has 4 amide bonds. The third-order valence-corrected chi connectivity index (χ3v) is 7.37. The predicted molar refractivity (Wildman–Crippen MR) is 129 cm³/mol. The molecular formula is C25H21F3N4O5S. The highest BCUT2D eigenvalue weighted by Gasteiger charge is 2.49. The summed E-state index contributed by atoms with van der Waals surface area (Å²) in [4.78, 5) is 41.5. The second kappa shape index (κ2) is 9.60. The normalized spacial score (nSPS) is 17.9. The van der Waals surface area contributed by atoms with Gasteiger partial charge in [-0.2, -0.15) is 18.4 Å². The van der Waals surface area contributed by atoms with Crippen molar-refractivity contribution in [1.82, 2.24) is 10.2 Å². The maximum atomic E-state index is 13.9. The van der Waals surface area contributed by atoms with E-state index in [1.807, 2.05) is 6.07 Å². The summed E-state index contributed by atoms with van der Waals surface area (Å²) >= 11 is 0. The van der Waals surface area contributed by atoms with Gasteiger partial charge in [0.1, 0.15) is 6.04 Å². The molecule has 1 aliphatic carbocycles. The van der Waals surface area contributed by atoms with Gasteiger partial charge in [-0.15, -0.1) is 0 Å². The highest BCUT2D eigenvalue weighted by Crippen LogP contribution is 2.47. The number of benzene rings is 2. The zero-order valence-electron chi connectivity index (χ0n) is 20.2. The molecule has 1 atom stereocenters. The fraction of sp³-hybridized carbons (Fsp3) is 0.280. The predicted octanol–water partition coefficient (Wildman–Crippen LogP) is 4.31. The molecule has 2 aromatic rings. The Balaban J connectivity index is 2.03. The van der Waals surface area contributed by atoms with Gasteiger partial charge in [0.25, 0.3) is 0 Å². The second-order valence-electron chi connectivity index (χ2n) is 8.69. The summed E-state index contributed by atoms with van der Waals surface area (Å²) in [5, 5.41) is 11.7. The fourth-order valence-electron chi connectivity index (χ4n) is 4.64. The lowest BCUT2D eigenvalue weighted by Crippen LogP contribution is -2.55. The van der Waals surface area contributed by atoms with E-state index in [1.165, 1.54) is 18.2 Å². The topological polar surface area (TPSA) is 128 Å². The number of carbonyl (C=O) groups excluding carboxylic acids is 3. The number of anilines is 1. The van der Waals surface area contributed by atoms with E-state index in [0.717, 1.165) is 35.4 Å². The van der Waals surface area contributed by atoms with E-state index in [2.05, 4.69) is 5.32 Å². The molecule has 0 spiro atoms. The van der Waals surface area contributed by atoms with Gasteiger partial charge in [-0.1, -0.05) is 12.1 Å². The SMILES string of the molecule is CCNC(=O)N1C(=O)N(c2cccc(C(F)(F)F)c2)C2=C(C(=O)CC2)C1c1ccc(C#N)cc1S(C)(=O)=O. The van der Waals surface area contributed by atoms with E-state index >= 15 is 0 Å². The summed E-state index contributed by atoms with van der Waals surface area (Å²) in [6.07, 6.45) is -3.95. The largest absolute Gasteiger partial charge is 0.416 e. The molecular weight excluding hydrogens is 525 g/mol. The molecule has 0 fully saturated rings. The molecule has 1 unspecified atom stereocenters. The van der Waals surface area contributed by atoms with Crippen LogP contribution < -0.4 is 10.2 Å². The van der Waals surface area contributed by atoms with E-state index in [-0.39, 0.29) is 52.4 Å². The van der Waals surface area contributed by atoms with Crippen molar-refractivity contribution in [2.75, 3.05) is 17.7 Å². The number of ketones is 1. The number of rotatable bonds is 4. The molecule has 0 aromatic heterocycles. The van der Waals surface area contributed by atoms with Gasteiger partial charge < -0.3 is 5.32 Å². The maximum absolute atomic E-state index is 13.9. The van der Waals surface area contributed by atoms with Crippen LogP contribution in [0.3, 0.4) is 0 Å². The molecule has 0 saturated carbocycles. The van der Waals surface area contributed by atoms with Gasteiger partial charge in [0.05, 0.1) is 27.8 Å². The van der Waals surface area contributed by atoms with Gasteiger partial charge in [-0.3, -0.25) is 9.69 Å². The molecule has 1 aliphatic heterocycles. The lowest BCUT2D eigenvalue weighted by molar-refractivity contribution is -0.137. The Labute approximate surface area is 216 Å². The lowest BCUT2D eigenvalue weighted by Gasteiger charge is -2.41. The van der Waals surface area contributed by atoms with Crippen LogP contribution in [0.2, 0.25) is 0 Å². The molecule has 4 rings (SSSR count). The number of carbonyl (C=O) groups is 3. The van der Waals surface area contributed by atoms with E-state index < -0.39 is 45.5 Å². The monoisotopic (exact) mass is 546 g/mol. The van der Waals surface area contributed by atoms with Crippen molar-refractivity contribution < 1.29 is 36.0 Å². The highest BCUT2D eigenvalue weighted by molar-refractivity contribution is 7.90. The molecule has 1 heterocycles. The van der Waals surface area contributed by atoms with Crippen molar-refractivity contribution in [1.29, 1.82) is 5.26 Å². The van der Waals surface area contributed by atoms with E-state index in [4.69, 9.17) is 0 Å². The standard InChI is InChI=1S/C25H21F3N4O5S/c1-3-30-23(34)32-22(17-8-7-14(13-29)11-20(17)38(2,36)37)21-18(9-10-19(21)33)31(24(32)35)16-6-4-5-15(12-16)25(26,27)28/h4-8,11-12,22H,3,9-10H2,1-2H3,(H,30,34). The van der Waals surface area contributed by atoms with E-state index in [9.17, 15) is 41.2 Å². The van der Waals surface area contributed by atoms with Crippen molar-refractivity contribution in [2.45, 2.75) is 36.9 Å². The minimum Gasteiger partial charge on any atom is -0.338 e. The number of halogens is 3. The zero-order valence-corrected chi connectivity index (χ0v) is 21.0. The third-order valence-electron chi connectivity index (χ3n) is 6.21. The first-order valence-corrected chi connectivity index (χ1v) is 13.3. The number of Topliss-reactive ketones (excluding diaryl/α,β-unsaturated/α-hetero) is 1. The van der Waals surface area contributed by atoms with Crippen molar-refractivity contribution in [3.8, 4) is 6.07 Å². The number of amides is 4. The number of alkyl halides is 3. The minimum absolute atomic E-state index is 0.00147. The van der Waals surface area contributed by atoms with Crippen LogP contribution in [0.15, 0.2) is 58.6 Å². The maximum Gasteiger partial charge on any atom is 0.416 e. The molecule has 0 radical (unpaired) electrons. The number of hydrogen-bond donors (Lipinski definition) is 1. The van der Waals surface area contributed by atoms with Gasteiger partial charge in [-0.05, 0) is 49.2 Å². The first-order chi connectivity index (χ1) is 17.8. The number of urea groups is 2. The van der Waals surface area contributed by atoms with Crippen LogP contribution in [0, 0.1) is 11.3 Å². The number of sulfone groups is 1. The smallest absolute Gasteiger partial charge is 0.338 e. The molecule has 2 aliphatic rings. The first kappa shape index (κ1) is 26.9. The fourth-order valence-corrected chi connectivity index (χ4v) is 5.59. The minimum atomic E-state index is -4.72. The van der Waals surface area contributed by atoms with Gasteiger partial charge in [0, 0.05) is 30.5 Å². The average Bonchev–Trinajstić information content (AvgIpc) is 3.22. The first-order valence-electron chi connectivity index (χ1n) is 11.4. The number of imide groups is 1. The Morgan fingerprint density at radius 2 is 1.87 bits per heavy atom. The molecule has 2 aromatic carbocycles. The van der Waals surface area contributed by atoms with E-state index in [0.29, 0.717) is 4.90 Å². The van der Waals surface area contributed by atoms with Crippen LogP contribution >= 0.6 is 0 Å². The van der Waals surface area contributed by atoms with Crippen LogP contribution in [0.4, 0.5) is 28.4 Å². The summed E-state index contributed by atoms with van der Waals surface area (Å²) < 4.78 is 65.8. The summed E-state index contributed by atoms with van der Waals surface area (Å²) in [6.45, 7) is 1.63. The molecule has 198 valence electrons. The molecule has 9 nitrogen and oxygen atoms in total. The Morgan fingerprint density at radius 1 is 1.16 bits per heavy atom. The van der Waals surface area contributed by atoms with Gasteiger partial charge in [0.2, 0.25) is 0 Å². The molecule has 0 saturated heterocycles. The zero-order chi connectivity index (χ0) is 28.0. The number of allylic oxidation sites excluding steroid dienone is 1. The molecule has 38 heavy (non-hydrogen) atoms. The molecule has 0 bridgehead atoms. The van der Waals surface area contributed by atoms with Crippen LogP contribution in [0.1, 0.15) is 42.5 Å². The summed E-state index contributed by atoms with van der Waals surface area (Å²) in [6, 6.07) is 5.87. The number of nitrogens with zero attached hydrogens (tertiary/aromatic N) is 3. The number of nitriles is 1. The van der Waals surface area contributed by atoms with Crippen molar-refractivity contribution in [2.24, 2.45) is 0 Å². The summed E-state index contributed by atoms with van der Waals surface area (Å²) in [5.41, 5.74) is -1.33. The van der Waals surface area contributed by atoms with Gasteiger partial charge >= 0.3 is 18.2 Å². The van der Waals surface area contributed by atoms with Crippen LogP contribution in [0.25, 0.3) is 0 Å². The highest BCUT2D eigenvalue weighted by atomic mass is 32.2. The van der Waals surface area contributed by atoms with Crippen LogP contribution in [-0.4, -0.2) is 44.0 Å². The Bertz CT molecular complexity index is 1540. The second-order valence-corrected chi connectivity index (χ2v) is 10.7. The average molecular weight is 547 g/mol. The summed E-state index contributed by atoms with van der Waals surface area (Å²) in [7, 11) is -4.02. The molecule has 13 heteroatoms. The Hall–Kier alpha value is -4.18.